The van der Waals surface area contributed by atoms with E-state index in [1.165, 1.54) is 25.1 Å². The number of nitrogen functional groups attached to an aromatic ring is 1. The Morgan fingerprint density at radius 2 is 1.78 bits per heavy atom. The minimum absolute atomic E-state index is 0.585. The molecule has 0 bridgehead atoms. The molecule has 0 radical (unpaired) electrons. The smallest absolute Gasteiger partial charge is 0.0441 e. The Balaban J connectivity index is 1.71. The fourth-order valence-corrected chi connectivity index (χ4v) is 4.20. The van der Waals surface area contributed by atoms with Crippen LogP contribution < -0.4 is 10.6 Å². The molecule has 5 heteroatoms. The predicted molar refractivity (Wildman–Crippen MR) is 97.5 cm³/mol. The highest BCUT2D eigenvalue weighted by atomic mass is 15.6. The Kier molecular flexibility index (Phi) is 4.80. The molecule has 2 aliphatic rings. The van der Waals surface area contributed by atoms with Crippen LogP contribution in [0, 0.1) is 0 Å². The molecule has 0 amide bonds. The largest absolute Gasteiger partial charge is 0.399 e. The van der Waals surface area contributed by atoms with Crippen LogP contribution in [-0.4, -0.2) is 73.8 Å². The molecule has 3 atom stereocenters. The Labute approximate surface area is 140 Å². The SMILES string of the molecule is CC1C(N(C2CCN(c3ccc(N)cc3)C2)N(C)C)CCN1C. The Morgan fingerprint density at radius 3 is 2.35 bits per heavy atom. The van der Waals surface area contributed by atoms with Crippen LogP contribution in [0.15, 0.2) is 24.3 Å². The third-order valence-electron chi connectivity index (χ3n) is 5.63. The summed E-state index contributed by atoms with van der Waals surface area (Å²) in [4.78, 5) is 4.97. The quantitative estimate of drug-likeness (QED) is 0.676. The summed E-state index contributed by atoms with van der Waals surface area (Å²) in [6, 6.07) is 10.1. The van der Waals surface area contributed by atoms with Crippen molar-refractivity contribution in [1.82, 2.24) is 14.9 Å². The van der Waals surface area contributed by atoms with Gasteiger partial charge in [0.1, 0.15) is 0 Å². The van der Waals surface area contributed by atoms with Gasteiger partial charge in [-0.15, -0.1) is 0 Å². The fourth-order valence-electron chi connectivity index (χ4n) is 4.20. The second-order valence-electron chi connectivity index (χ2n) is 7.28. The van der Waals surface area contributed by atoms with E-state index < -0.39 is 0 Å². The molecule has 2 saturated heterocycles. The van der Waals surface area contributed by atoms with E-state index in [4.69, 9.17) is 5.73 Å². The van der Waals surface area contributed by atoms with Gasteiger partial charge in [-0.2, -0.15) is 0 Å². The van der Waals surface area contributed by atoms with Crippen LogP contribution in [-0.2, 0) is 0 Å². The molecule has 0 aliphatic carbocycles. The summed E-state index contributed by atoms with van der Waals surface area (Å²) in [5.41, 5.74) is 7.94. The highest BCUT2D eigenvalue weighted by Gasteiger charge is 2.39. The van der Waals surface area contributed by atoms with Crippen LogP contribution in [0.1, 0.15) is 19.8 Å². The Morgan fingerprint density at radius 1 is 1.09 bits per heavy atom. The molecule has 5 nitrogen and oxygen atoms in total. The molecule has 0 spiro atoms. The van der Waals surface area contributed by atoms with Crippen molar-refractivity contribution in [3.8, 4) is 0 Å². The second-order valence-corrected chi connectivity index (χ2v) is 7.28. The van der Waals surface area contributed by atoms with Crippen molar-refractivity contribution in [3.63, 3.8) is 0 Å². The van der Waals surface area contributed by atoms with Gasteiger partial charge in [0.2, 0.25) is 0 Å². The van der Waals surface area contributed by atoms with E-state index in [9.17, 15) is 0 Å². The molecule has 3 rings (SSSR count). The number of benzene rings is 1. The highest BCUT2D eigenvalue weighted by Crippen LogP contribution is 2.29. The minimum atomic E-state index is 0.585. The van der Waals surface area contributed by atoms with E-state index >= 15 is 0 Å². The van der Waals surface area contributed by atoms with Gasteiger partial charge < -0.3 is 15.5 Å². The Hall–Kier alpha value is -1.30. The lowest BCUT2D eigenvalue weighted by atomic mass is 10.1. The fraction of sp³-hybridized carbons (Fsp3) is 0.667. The lowest BCUT2D eigenvalue weighted by molar-refractivity contribution is -0.0583. The number of rotatable bonds is 4. The van der Waals surface area contributed by atoms with Gasteiger partial charge in [0, 0.05) is 56.7 Å². The molecule has 0 saturated carbocycles. The van der Waals surface area contributed by atoms with Gasteiger partial charge in [-0.1, -0.05) is 0 Å². The predicted octanol–water partition coefficient (Wildman–Crippen LogP) is 1.72. The van der Waals surface area contributed by atoms with Crippen molar-refractivity contribution in [3.05, 3.63) is 24.3 Å². The summed E-state index contributed by atoms with van der Waals surface area (Å²) in [5, 5.41) is 4.95. The summed E-state index contributed by atoms with van der Waals surface area (Å²) >= 11 is 0. The molecule has 23 heavy (non-hydrogen) atoms. The highest BCUT2D eigenvalue weighted by molar-refractivity contribution is 5.53. The van der Waals surface area contributed by atoms with E-state index in [0.717, 1.165) is 18.8 Å². The first-order valence-corrected chi connectivity index (χ1v) is 8.73. The third kappa shape index (κ3) is 3.32. The lowest BCUT2D eigenvalue weighted by Crippen LogP contribution is -2.55. The van der Waals surface area contributed by atoms with Gasteiger partial charge in [0.25, 0.3) is 0 Å². The van der Waals surface area contributed by atoms with Crippen molar-refractivity contribution < 1.29 is 0 Å². The van der Waals surface area contributed by atoms with Crippen molar-refractivity contribution in [2.75, 3.05) is 51.4 Å². The molecule has 128 valence electrons. The molecule has 1 aromatic rings. The van der Waals surface area contributed by atoms with Crippen molar-refractivity contribution in [1.29, 1.82) is 0 Å². The normalized spacial score (nSPS) is 29.1. The molecule has 2 aliphatic heterocycles. The number of likely N-dealkylation sites (tertiary alicyclic amines) is 1. The van der Waals surface area contributed by atoms with E-state index in [0.29, 0.717) is 18.1 Å². The van der Waals surface area contributed by atoms with E-state index in [1.54, 1.807) is 0 Å². The molecule has 2 fully saturated rings. The van der Waals surface area contributed by atoms with Gasteiger partial charge >= 0.3 is 0 Å². The van der Waals surface area contributed by atoms with Gasteiger partial charge in [0.05, 0.1) is 0 Å². The molecule has 2 N–H and O–H groups in total. The second kappa shape index (κ2) is 6.67. The molecular formula is C18H31N5. The zero-order valence-electron chi connectivity index (χ0n) is 14.9. The zero-order chi connectivity index (χ0) is 16.6. The van der Waals surface area contributed by atoms with Gasteiger partial charge in [0.15, 0.2) is 0 Å². The van der Waals surface area contributed by atoms with Crippen LogP contribution >= 0.6 is 0 Å². The molecule has 1 aromatic carbocycles. The van der Waals surface area contributed by atoms with E-state index in [2.05, 4.69) is 60.0 Å². The van der Waals surface area contributed by atoms with Crippen LogP contribution in [0.2, 0.25) is 0 Å². The molecule has 3 unspecified atom stereocenters. The number of nitrogens with zero attached hydrogens (tertiary/aromatic N) is 4. The standard InChI is InChI=1S/C18H31N5/c1-14-18(10-11-21(14)4)23(20(2)3)17-9-12-22(13-17)16-7-5-15(19)6-8-16/h5-8,14,17-18H,9-13,19H2,1-4H3. The summed E-state index contributed by atoms with van der Waals surface area (Å²) in [6.07, 6.45) is 2.48. The van der Waals surface area contributed by atoms with Crippen molar-refractivity contribution in [2.24, 2.45) is 0 Å². The average Bonchev–Trinajstić information content (AvgIpc) is 3.11. The summed E-state index contributed by atoms with van der Waals surface area (Å²) in [6.45, 7) is 5.77. The van der Waals surface area contributed by atoms with Crippen LogP contribution in [0.5, 0.6) is 0 Å². The molecular weight excluding hydrogens is 286 g/mol. The Bertz CT molecular complexity index is 515. The maximum Gasteiger partial charge on any atom is 0.0441 e. The van der Waals surface area contributed by atoms with E-state index in [1.807, 2.05) is 12.1 Å². The summed E-state index contributed by atoms with van der Waals surface area (Å²) < 4.78 is 0. The zero-order valence-corrected chi connectivity index (χ0v) is 14.9. The maximum atomic E-state index is 5.81. The monoisotopic (exact) mass is 317 g/mol. The number of anilines is 2. The van der Waals surface area contributed by atoms with Gasteiger partial charge in [-0.05, 0) is 57.6 Å². The maximum absolute atomic E-state index is 5.81. The number of hydrogen-bond donors (Lipinski definition) is 1. The molecule has 2 heterocycles. The average molecular weight is 317 g/mol. The van der Waals surface area contributed by atoms with Crippen molar-refractivity contribution >= 4 is 11.4 Å². The first kappa shape index (κ1) is 16.6. The van der Waals surface area contributed by atoms with E-state index in [-0.39, 0.29) is 0 Å². The minimum Gasteiger partial charge on any atom is -0.399 e. The first-order valence-electron chi connectivity index (χ1n) is 8.73. The van der Waals surface area contributed by atoms with Gasteiger partial charge in [-0.25, -0.2) is 10.0 Å². The van der Waals surface area contributed by atoms with Crippen LogP contribution in [0.4, 0.5) is 11.4 Å². The van der Waals surface area contributed by atoms with Crippen molar-refractivity contribution in [2.45, 2.75) is 37.9 Å². The summed E-state index contributed by atoms with van der Waals surface area (Å²) in [7, 11) is 6.63. The van der Waals surface area contributed by atoms with Crippen LogP contribution in [0.3, 0.4) is 0 Å². The lowest BCUT2D eigenvalue weighted by Gasteiger charge is -2.41. The number of hydrogen-bond acceptors (Lipinski definition) is 5. The third-order valence-corrected chi connectivity index (χ3v) is 5.63. The van der Waals surface area contributed by atoms with Crippen LogP contribution in [0.25, 0.3) is 0 Å². The first-order chi connectivity index (χ1) is 11.0. The summed E-state index contributed by atoms with van der Waals surface area (Å²) in [5.74, 6) is 0. The topological polar surface area (TPSA) is 39.0 Å². The van der Waals surface area contributed by atoms with Gasteiger partial charge in [-0.3, -0.25) is 0 Å². The number of likely N-dealkylation sites (N-methyl/N-ethyl adjacent to an activating group) is 1. The molecule has 0 aromatic heterocycles. The number of nitrogens with two attached hydrogens (primary N) is 1. The number of hydrazine groups is 1.